The molecule has 136 valence electrons. The quantitative estimate of drug-likeness (QED) is 0.690. The molecule has 0 aliphatic carbocycles. The molecule has 1 aliphatic rings. The summed E-state index contributed by atoms with van der Waals surface area (Å²) in [5.41, 5.74) is 7.84. The molecule has 0 saturated carbocycles. The van der Waals surface area contributed by atoms with Gasteiger partial charge in [0.05, 0.1) is 25.6 Å². The lowest BCUT2D eigenvalue weighted by Crippen LogP contribution is -2.27. The van der Waals surface area contributed by atoms with Crippen LogP contribution in [0.4, 0.5) is 11.6 Å². The number of fused-ring (bicyclic) bond motifs is 1. The topological polar surface area (TPSA) is 116 Å². The van der Waals surface area contributed by atoms with Gasteiger partial charge in [0.1, 0.15) is 11.6 Å². The highest BCUT2D eigenvalue weighted by Gasteiger charge is 2.32. The third-order valence-electron chi connectivity index (χ3n) is 4.29. The number of nitrogen functional groups attached to an aromatic ring is 1. The van der Waals surface area contributed by atoms with Gasteiger partial charge in [-0.2, -0.15) is 15.1 Å². The van der Waals surface area contributed by atoms with E-state index in [2.05, 4.69) is 15.1 Å². The van der Waals surface area contributed by atoms with E-state index in [4.69, 9.17) is 10.5 Å². The summed E-state index contributed by atoms with van der Waals surface area (Å²) in [6, 6.07) is 8.67. The Morgan fingerprint density at radius 1 is 1.30 bits per heavy atom. The summed E-state index contributed by atoms with van der Waals surface area (Å²) in [5, 5.41) is 4.10. The largest absolute Gasteiger partial charge is 0.465 e. The van der Waals surface area contributed by atoms with Gasteiger partial charge in [-0.05, 0) is 23.8 Å². The predicted molar refractivity (Wildman–Crippen MR) is 96.2 cm³/mol. The van der Waals surface area contributed by atoms with Crippen molar-refractivity contribution in [3.8, 4) is 5.95 Å². The number of hydrogen-bond acceptors (Lipinski definition) is 7. The van der Waals surface area contributed by atoms with E-state index in [1.54, 1.807) is 36.7 Å². The van der Waals surface area contributed by atoms with E-state index < -0.39 is 5.97 Å². The van der Waals surface area contributed by atoms with Crippen LogP contribution >= 0.6 is 0 Å². The molecule has 0 atom stereocenters. The Kier molecular flexibility index (Phi) is 4.03. The number of ether oxygens (including phenoxy) is 1. The highest BCUT2D eigenvalue weighted by molar-refractivity contribution is 6.01. The number of hydrogen-bond donors (Lipinski definition) is 1. The lowest BCUT2D eigenvalue weighted by atomic mass is 10.1. The van der Waals surface area contributed by atoms with Crippen molar-refractivity contribution in [2.24, 2.45) is 0 Å². The number of esters is 1. The Bertz CT molecular complexity index is 1030. The zero-order valence-corrected chi connectivity index (χ0v) is 14.5. The zero-order valence-electron chi connectivity index (χ0n) is 14.5. The maximum Gasteiger partial charge on any atom is 0.337 e. The van der Waals surface area contributed by atoms with Crippen molar-refractivity contribution in [2.45, 2.75) is 13.0 Å². The van der Waals surface area contributed by atoms with Crippen LogP contribution in [0.5, 0.6) is 0 Å². The number of rotatable bonds is 4. The van der Waals surface area contributed by atoms with Crippen LogP contribution in [0.2, 0.25) is 0 Å². The minimum atomic E-state index is -0.433. The number of carbonyl (C=O) groups excluding carboxylic acids is 2. The smallest absolute Gasteiger partial charge is 0.337 e. The first-order valence-corrected chi connectivity index (χ1v) is 8.21. The fourth-order valence-electron chi connectivity index (χ4n) is 2.98. The van der Waals surface area contributed by atoms with E-state index in [-0.39, 0.29) is 24.7 Å². The molecule has 2 aromatic heterocycles. The maximum atomic E-state index is 12.5. The van der Waals surface area contributed by atoms with Gasteiger partial charge in [0.2, 0.25) is 5.91 Å². The van der Waals surface area contributed by atoms with Crippen molar-refractivity contribution >= 4 is 23.5 Å². The van der Waals surface area contributed by atoms with Gasteiger partial charge < -0.3 is 10.5 Å². The van der Waals surface area contributed by atoms with Crippen LogP contribution in [0.25, 0.3) is 5.95 Å². The SMILES string of the molecule is COC(=O)c1cccc(CN2C(=O)Cc3c(N)nc(-n4cccn4)nc32)c1. The number of carbonyl (C=O) groups is 2. The Morgan fingerprint density at radius 2 is 2.15 bits per heavy atom. The first kappa shape index (κ1) is 16.7. The van der Waals surface area contributed by atoms with Gasteiger partial charge in [0, 0.05) is 18.0 Å². The molecule has 2 N–H and O–H groups in total. The normalized spacial score (nSPS) is 12.9. The Balaban J connectivity index is 1.70. The molecule has 3 aromatic rings. The fraction of sp³-hybridized carbons (Fsp3) is 0.167. The van der Waals surface area contributed by atoms with Gasteiger partial charge >= 0.3 is 5.97 Å². The van der Waals surface area contributed by atoms with Crippen LogP contribution < -0.4 is 10.6 Å². The summed E-state index contributed by atoms with van der Waals surface area (Å²) >= 11 is 0. The summed E-state index contributed by atoms with van der Waals surface area (Å²) in [7, 11) is 1.33. The lowest BCUT2D eigenvalue weighted by molar-refractivity contribution is -0.117. The number of methoxy groups -OCH3 is 1. The maximum absolute atomic E-state index is 12.5. The average molecular weight is 364 g/mol. The molecule has 0 saturated heterocycles. The van der Waals surface area contributed by atoms with Gasteiger partial charge in [-0.1, -0.05) is 12.1 Å². The van der Waals surface area contributed by atoms with Gasteiger partial charge in [0.25, 0.3) is 5.95 Å². The van der Waals surface area contributed by atoms with E-state index in [9.17, 15) is 9.59 Å². The van der Waals surface area contributed by atoms with Gasteiger partial charge in [-0.3, -0.25) is 9.69 Å². The minimum Gasteiger partial charge on any atom is -0.465 e. The second-order valence-electron chi connectivity index (χ2n) is 6.01. The van der Waals surface area contributed by atoms with Crippen molar-refractivity contribution in [2.75, 3.05) is 17.7 Å². The zero-order chi connectivity index (χ0) is 19.0. The number of anilines is 2. The summed E-state index contributed by atoms with van der Waals surface area (Å²) in [4.78, 5) is 34.5. The van der Waals surface area contributed by atoms with Crippen molar-refractivity contribution in [1.29, 1.82) is 0 Å². The molecule has 1 amide bonds. The number of nitrogens with two attached hydrogens (primary N) is 1. The van der Waals surface area contributed by atoms with E-state index in [0.29, 0.717) is 22.9 Å². The van der Waals surface area contributed by atoms with Crippen LogP contribution in [0.1, 0.15) is 21.5 Å². The van der Waals surface area contributed by atoms with Gasteiger partial charge in [-0.25, -0.2) is 9.48 Å². The number of nitrogens with zero attached hydrogens (tertiary/aromatic N) is 5. The highest BCUT2D eigenvalue weighted by Crippen LogP contribution is 2.32. The van der Waals surface area contributed by atoms with E-state index in [1.165, 1.54) is 16.7 Å². The summed E-state index contributed by atoms with van der Waals surface area (Å²) in [5.74, 6) is 0.440. The summed E-state index contributed by atoms with van der Waals surface area (Å²) < 4.78 is 6.23. The Labute approximate surface area is 154 Å². The predicted octanol–water partition coefficient (Wildman–Crippen LogP) is 1.12. The number of amides is 1. The third kappa shape index (κ3) is 2.99. The van der Waals surface area contributed by atoms with Crippen LogP contribution in [-0.4, -0.2) is 38.7 Å². The van der Waals surface area contributed by atoms with Crippen LogP contribution in [0.15, 0.2) is 42.7 Å². The summed E-state index contributed by atoms with van der Waals surface area (Å²) in [6.07, 6.45) is 3.44. The monoisotopic (exact) mass is 364 g/mol. The molecule has 1 aliphatic heterocycles. The van der Waals surface area contributed by atoms with Crippen LogP contribution in [-0.2, 0) is 22.5 Å². The second-order valence-corrected chi connectivity index (χ2v) is 6.01. The third-order valence-corrected chi connectivity index (χ3v) is 4.29. The average Bonchev–Trinajstić information content (AvgIpc) is 3.31. The van der Waals surface area contributed by atoms with Crippen LogP contribution in [0.3, 0.4) is 0 Å². The molecule has 27 heavy (non-hydrogen) atoms. The molecule has 1 aromatic carbocycles. The number of benzene rings is 1. The van der Waals surface area contributed by atoms with E-state index in [1.807, 2.05) is 6.07 Å². The molecule has 0 spiro atoms. The number of aromatic nitrogens is 4. The van der Waals surface area contributed by atoms with Crippen molar-refractivity contribution in [3.63, 3.8) is 0 Å². The molecule has 0 bridgehead atoms. The molecular formula is C18H16N6O3. The highest BCUT2D eigenvalue weighted by atomic mass is 16.5. The van der Waals surface area contributed by atoms with Crippen molar-refractivity contribution < 1.29 is 14.3 Å². The second kappa shape index (κ2) is 6.52. The van der Waals surface area contributed by atoms with Gasteiger partial charge in [0.15, 0.2) is 0 Å². The molecular weight excluding hydrogens is 348 g/mol. The molecule has 0 radical (unpaired) electrons. The van der Waals surface area contributed by atoms with Crippen molar-refractivity contribution in [1.82, 2.24) is 19.7 Å². The minimum absolute atomic E-state index is 0.132. The van der Waals surface area contributed by atoms with E-state index in [0.717, 1.165) is 5.56 Å². The lowest BCUT2D eigenvalue weighted by Gasteiger charge is -2.17. The first-order chi connectivity index (χ1) is 13.1. The Morgan fingerprint density at radius 3 is 2.89 bits per heavy atom. The summed E-state index contributed by atoms with van der Waals surface area (Å²) in [6.45, 7) is 0.256. The molecule has 9 heteroatoms. The van der Waals surface area contributed by atoms with E-state index >= 15 is 0 Å². The molecule has 4 rings (SSSR count). The molecule has 0 unspecified atom stereocenters. The van der Waals surface area contributed by atoms with Crippen molar-refractivity contribution in [3.05, 3.63) is 59.4 Å². The van der Waals surface area contributed by atoms with Gasteiger partial charge in [-0.15, -0.1) is 0 Å². The first-order valence-electron chi connectivity index (χ1n) is 8.21. The standard InChI is InChI=1S/C18H16N6O3/c1-27-17(26)12-5-2-4-11(8-12)10-23-14(25)9-13-15(19)21-18(22-16(13)23)24-7-3-6-20-24/h2-8H,9-10H2,1H3,(H2,19,21,22). The fourth-order valence-corrected chi connectivity index (χ4v) is 2.98. The molecule has 3 heterocycles. The Hall–Kier alpha value is -3.75. The van der Waals surface area contributed by atoms with Crippen LogP contribution in [0, 0.1) is 0 Å². The molecule has 9 nitrogen and oxygen atoms in total. The molecule has 0 fully saturated rings.